The van der Waals surface area contributed by atoms with E-state index in [2.05, 4.69) is 29.4 Å². The van der Waals surface area contributed by atoms with Crippen molar-refractivity contribution in [1.82, 2.24) is 20.2 Å². The van der Waals surface area contributed by atoms with Crippen LogP contribution >= 0.6 is 0 Å². The summed E-state index contributed by atoms with van der Waals surface area (Å²) in [6.07, 6.45) is 2.37. The number of anilines is 1. The van der Waals surface area contributed by atoms with Gasteiger partial charge in [-0.25, -0.2) is 9.07 Å². The quantitative estimate of drug-likeness (QED) is 0.860. The summed E-state index contributed by atoms with van der Waals surface area (Å²) in [5, 5.41) is 11.9. The van der Waals surface area contributed by atoms with Gasteiger partial charge in [-0.2, -0.15) is 0 Å². The first-order valence-electron chi connectivity index (χ1n) is 6.34. The molecule has 3 rings (SSSR count). The van der Waals surface area contributed by atoms with E-state index in [9.17, 15) is 4.39 Å². The van der Waals surface area contributed by atoms with Gasteiger partial charge in [0.15, 0.2) is 5.82 Å². The molecule has 1 aromatic carbocycles. The number of nitrogens with two attached hydrogens (primary N) is 1. The van der Waals surface area contributed by atoms with Crippen LogP contribution in [-0.2, 0) is 5.54 Å². The van der Waals surface area contributed by atoms with Crippen LogP contribution in [0.2, 0.25) is 0 Å². The molecule has 0 spiro atoms. The number of nitrogen functional groups attached to an aromatic ring is 1. The van der Waals surface area contributed by atoms with Gasteiger partial charge in [0.05, 0.1) is 5.54 Å². The summed E-state index contributed by atoms with van der Waals surface area (Å²) in [4.78, 5) is 0. The topological polar surface area (TPSA) is 69.6 Å². The number of nitrogens with zero attached hydrogens (tertiary/aromatic N) is 4. The molecule has 0 unspecified atom stereocenters. The number of benzene rings is 1. The van der Waals surface area contributed by atoms with Crippen LogP contribution in [0.15, 0.2) is 18.2 Å². The zero-order valence-corrected chi connectivity index (χ0v) is 11.0. The molecule has 0 atom stereocenters. The van der Waals surface area contributed by atoms with Gasteiger partial charge in [-0.1, -0.05) is 0 Å². The molecule has 2 aromatic rings. The molecule has 0 saturated heterocycles. The van der Waals surface area contributed by atoms with E-state index in [1.54, 1.807) is 10.7 Å². The van der Waals surface area contributed by atoms with E-state index in [1.165, 1.54) is 25.0 Å². The van der Waals surface area contributed by atoms with Crippen molar-refractivity contribution in [2.75, 3.05) is 5.73 Å². The lowest BCUT2D eigenvalue weighted by atomic mass is 9.98. The van der Waals surface area contributed by atoms with E-state index < -0.39 is 0 Å². The molecule has 5 nitrogen and oxygen atoms in total. The Kier molecular flexibility index (Phi) is 2.55. The second kappa shape index (κ2) is 4.01. The number of halogens is 1. The van der Waals surface area contributed by atoms with Gasteiger partial charge >= 0.3 is 0 Å². The van der Waals surface area contributed by atoms with E-state index in [0.29, 0.717) is 23.0 Å². The normalized spacial score (nSPS) is 15.7. The Balaban J connectivity index is 2.09. The summed E-state index contributed by atoms with van der Waals surface area (Å²) < 4.78 is 14.9. The molecule has 0 aliphatic heterocycles. The van der Waals surface area contributed by atoms with Crippen LogP contribution < -0.4 is 5.73 Å². The molecule has 19 heavy (non-hydrogen) atoms. The van der Waals surface area contributed by atoms with E-state index in [1.807, 2.05) is 0 Å². The molecule has 100 valence electrons. The van der Waals surface area contributed by atoms with Crippen molar-refractivity contribution < 1.29 is 4.39 Å². The minimum Gasteiger partial charge on any atom is -0.398 e. The number of hydrogen-bond donors (Lipinski definition) is 1. The molecule has 0 bridgehead atoms. The van der Waals surface area contributed by atoms with Gasteiger partial charge in [0.1, 0.15) is 5.82 Å². The third kappa shape index (κ3) is 1.97. The lowest BCUT2D eigenvalue weighted by Crippen LogP contribution is -2.30. The van der Waals surface area contributed by atoms with Crippen molar-refractivity contribution in [2.45, 2.75) is 32.2 Å². The van der Waals surface area contributed by atoms with Crippen LogP contribution in [0.25, 0.3) is 11.4 Å². The van der Waals surface area contributed by atoms with E-state index in [-0.39, 0.29) is 11.4 Å². The zero-order chi connectivity index (χ0) is 13.6. The fourth-order valence-corrected chi connectivity index (χ4v) is 2.44. The van der Waals surface area contributed by atoms with E-state index in [4.69, 9.17) is 5.73 Å². The Labute approximate surface area is 110 Å². The second-order valence-electron chi connectivity index (χ2n) is 5.57. The fraction of sp³-hybridized carbons (Fsp3) is 0.462. The van der Waals surface area contributed by atoms with Gasteiger partial charge in [0.2, 0.25) is 0 Å². The van der Waals surface area contributed by atoms with Gasteiger partial charge in [-0.15, -0.1) is 5.10 Å². The van der Waals surface area contributed by atoms with Crippen molar-refractivity contribution in [1.29, 1.82) is 0 Å². The minimum atomic E-state index is -0.360. The molecule has 6 heteroatoms. The zero-order valence-electron chi connectivity index (χ0n) is 11.0. The van der Waals surface area contributed by atoms with Crippen molar-refractivity contribution in [2.24, 2.45) is 5.92 Å². The van der Waals surface area contributed by atoms with Gasteiger partial charge in [0.25, 0.3) is 0 Å². The summed E-state index contributed by atoms with van der Waals surface area (Å²) in [5.41, 5.74) is 6.73. The number of aromatic nitrogens is 4. The van der Waals surface area contributed by atoms with Crippen molar-refractivity contribution in [3.63, 3.8) is 0 Å². The Morgan fingerprint density at radius 2 is 2.11 bits per heavy atom. The second-order valence-corrected chi connectivity index (χ2v) is 5.57. The van der Waals surface area contributed by atoms with Crippen LogP contribution in [0.5, 0.6) is 0 Å². The molecule has 1 aromatic heterocycles. The molecule has 1 aliphatic carbocycles. The number of rotatable bonds is 3. The van der Waals surface area contributed by atoms with Gasteiger partial charge in [-0.05, 0) is 61.2 Å². The van der Waals surface area contributed by atoms with Crippen LogP contribution in [0, 0.1) is 11.7 Å². The highest BCUT2D eigenvalue weighted by molar-refractivity contribution is 5.71. The molecule has 0 amide bonds. The number of tetrazole rings is 1. The monoisotopic (exact) mass is 261 g/mol. The summed E-state index contributed by atoms with van der Waals surface area (Å²) in [6, 6.07) is 4.28. The molecule has 0 radical (unpaired) electrons. The minimum absolute atomic E-state index is 0.153. The average molecular weight is 261 g/mol. The Morgan fingerprint density at radius 3 is 2.74 bits per heavy atom. The molecule has 1 heterocycles. The third-order valence-corrected chi connectivity index (χ3v) is 3.85. The molecular weight excluding hydrogens is 245 g/mol. The van der Waals surface area contributed by atoms with Gasteiger partial charge in [-0.3, -0.25) is 0 Å². The first kappa shape index (κ1) is 12.1. The first-order valence-corrected chi connectivity index (χ1v) is 6.34. The maximum Gasteiger partial charge on any atom is 0.184 e. The predicted octanol–water partition coefficient (Wildman–Crippen LogP) is 2.21. The van der Waals surface area contributed by atoms with Crippen LogP contribution in [0.1, 0.15) is 26.7 Å². The predicted molar refractivity (Wildman–Crippen MR) is 69.7 cm³/mol. The summed E-state index contributed by atoms with van der Waals surface area (Å²) in [6.45, 7) is 4.23. The Morgan fingerprint density at radius 1 is 1.37 bits per heavy atom. The average Bonchev–Trinajstić information content (AvgIpc) is 3.09. The third-order valence-electron chi connectivity index (χ3n) is 3.85. The van der Waals surface area contributed by atoms with Crippen LogP contribution in [-0.4, -0.2) is 20.2 Å². The van der Waals surface area contributed by atoms with E-state index in [0.717, 1.165) is 0 Å². The summed E-state index contributed by atoms with van der Waals surface area (Å²) in [5.74, 6) is 0.813. The Bertz CT molecular complexity index is 615. The highest BCUT2D eigenvalue weighted by Gasteiger charge is 2.41. The molecule has 1 saturated carbocycles. The van der Waals surface area contributed by atoms with Crippen LogP contribution in [0.4, 0.5) is 10.1 Å². The van der Waals surface area contributed by atoms with Gasteiger partial charge < -0.3 is 5.73 Å². The van der Waals surface area contributed by atoms with Crippen LogP contribution in [0.3, 0.4) is 0 Å². The van der Waals surface area contributed by atoms with Crippen molar-refractivity contribution >= 4 is 5.69 Å². The Hall–Kier alpha value is -1.98. The van der Waals surface area contributed by atoms with Crippen molar-refractivity contribution in [3.05, 3.63) is 24.0 Å². The highest BCUT2D eigenvalue weighted by atomic mass is 19.1. The molecule has 1 fully saturated rings. The highest BCUT2D eigenvalue weighted by Crippen LogP contribution is 2.44. The summed E-state index contributed by atoms with van der Waals surface area (Å²) >= 11 is 0. The first-order chi connectivity index (χ1) is 9.00. The molecule has 1 aliphatic rings. The lowest BCUT2D eigenvalue weighted by Gasteiger charge is -2.25. The van der Waals surface area contributed by atoms with Gasteiger partial charge in [0, 0.05) is 11.3 Å². The number of hydrogen-bond acceptors (Lipinski definition) is 4. The smallest absolute Gasteiger partial charge is 0.184 e. The van der Waals surface area contributed by atoms with Crippen molar-refractivity contribution in [3.8, 4) is 11.4 Å². The van der Waals surface area contributed by atoms with E-state index >= 15 is 0 Å². The lowest BCUT2D eigenvalue weighted by molar-refractivity contribution is 0.271. The maximum atomic E-state index is 13.1. The largest absolute Gasteiger partial charge is 0.398 e. The summed E-state index contributed by atoms with van der Waals surface area (Å²) in [7, 11) is 0. The molecular formula is C13H16FN5. The molecule has 2 N–H and O–H groups in total. The standard InChI is InChI=1S/C13H16FN5/c1-13(2,8-3-4-8)19-12(16-17-18-19)10-6-5-9(14)7-11(10)15/h5-8H,3-4,15H2,1-2H3. The fourth-order valence-electron chi connectivity index (χ4n) is 2.44. The SMILES string of the molecule is CC(C)(C1CC1)n1nnnc1-c1ccc(F)cc1N. The maximum absolute atomic E-state index is 13.1.